The van der Waals surface area contributed by atoms with Gasteiger partial charge in [-0.15, -0.1) is 0 Å². The van der Waals surface area contributed by atoms with Crippen LogP contribution in [-0.4, -0.2) is 32.6 Å². The Kier molecular flexibility index (Phi) is 3.92. The third kappa shape index (κ3) is 4.28. The summed E-state index contributed by atoms with van der Waals surface area (Å²) in [5, 5.41) is 28.3. The molecule has 0 aromatic rings. The van der Waals surface area contributed by atoms with Crippen molar-refractivity contribution in [2.24, 2.45) is 0 Å². The van der Waals surface area contributed by atoms with Crippen LogP contribution in [0.4, 0.5) is 0 Å². The average Bonchev–Trinajstić information content (AvgIpc) is 1.98. The highest BCUT2D eigenvalue weighted by molar-refractivity contribution is 5.20. The van der Waals surface area contributed by atoms with Crippen LogP contribution >= 0.6 is 0 Å². The molecule has 76 valence electrons. The number of aliphatic hydroxyl groups excluding tert-OH is 1. The monoisotopic (exact) mass is 186 g/mol. The summed E-state index contributed by atoms with van der Waals surface area (Å²) < 4.78 is 0. The lowest BCUT2D eigenvalue weighted by Crippen LogP contribution is -2.38. The SMILES string of the molecule is CCC(O)(C#CC(C)(C)O)C(C)O. The molecule has 0 aliphatic carbocycles. The molecule has 0 aromatic heterocycles. The third-order valence-corrected chi connectivity index (χ3v) is 1.82. The molecule has 2 atom stereocenters. The quantitative estimate of drug-likeness (QED) is 0.543. The normalized spacial score (nSPS) is 18.4. The number of aliphatic hydroxyl groups is 3. The highest BCUT2D eigenvalue weighted by Crippen LogP contribution is 2.14. The van der Waals surface area contributed by atoms with Gasteiger partial charge < -0.3 is 15.3 Å². The van der Waals surface area contributed by atoms with Gasteiger partial charge >= 0.3 is 0 Å². The van der Waals surface area contributed by atoms with Crippen LogP contribution in [0.1, 0.15) is 34.1 Å². The van der Waals surface area contributed by atoms with Crippen molar-refractivity contribution in [2.45, 2.75) is 51.4 Å². The fourth-order valence-electron chi connectivity index (χ4n) is 0.749. The Morgan fingerprint density at radius 1 is 1.23 bits per heavy atom. The molecule has 3 nitrogen and oxygen atoms in total. The van der Waals surface area contributed by atoms with Crippen LogP contribution in [0.5, 0.6) is 0 Å². The fourth-order valence-corrected chi connectivity index (χ4v) is 0.749. The first-order valence-corrected chi connectivity index (χ1v) is 4.38. The molecular weight excluding hydrogens is 168 g/mol. The van der Waals surface area contributed by atoms with Gasteiger partial charge in [0.15, 0.2) is 5.60 Å². The van der Waals surface area contributed by atoms with E-state index in [4.69, 9.17) is 0 Å². The maximum absolute atomic E-state index is 9.73. The van der Waals surface area contributed by atoms with E-state index >= 15 is 0 Å². The van der Waals surface area contributed by atoms with E-state index in [1.54, 1.807) is 6.92 Å². The molecule has 0 radical (unpaired) electrons. The second kappa shape index (κ2) is 4.10. The second-order valence-electron chi connectivity index (χ2n) is 3.76. The third-order valence-electron chi connectivity index (χ3n) is 1.82. The second-order valence-corrected chi connectivity index (χ2v) is 3.76. The van der Waals surface area contributed by atoms with E-state index in [-0.39, 0.29) is 0 Å². The van der Waals surface area contributed by atoms with Crippen molar-refractivity contribution in [3.63, 3.8) is 0 Å². The first-order chi connectivity index (χ1) is 5.71. The maximum atomic E-state index is 9.73. The Morgan fingerprint density at radius 2 is 1.69 bits per heavy atom. The minimum absolute atomic E-state index is 0.327. The van der Waals surface area contributed by atoms with Gasteiger partial charge in [0.2, 0.25) is 0 Å². The molecule has 0 heterocycles. The smallest absolute Gasteiger partial charge is 0.150 e. The Balaban J connectivity index is 4.69. The summed E-state index contributed by atoms with van der Waals surface area (Å²) in [6, 6.07) is 0. The molecule has 0 bridgehead atoms. The van der Waals surface area contributed by atoms with Crippen LogP contribution in [0, 0.1) is 11.8 Å². The van der Waals surface area contributed by atoms with Gasteiger partial charge in [-0.2, -0.15) is 0 Å². The van der Waals surface area contributed by atoms with Crippen LogP contribution in [-0.2, 0) is 0 Å². The molecule has 3 heteroatoms. The van der Waals surface area contributed by atoms with E-state index in [0.717, 1.165) is 0 Å². The van der Waals surface area contributed by atoms with E-state index in [0.29, 0.717) is 6.42 Å². The van der Waals surface area contributed by atoms with Crippen molar-refractivity contribution in [3.05, 3.63) is 0 Å². The largest absolute Gasteiger partial charge is 0.389 e. The number of hydrogen-bond acceptors (Lipinski definition) is 3. The molecule has 13 heavy (non-hydrogen) atoms. The van der Waals surface area contributed by atoms with Gasteiger partial charge in [-0.1, -0.05) is 18.8 Å². The summed E-state index contributed by atoms with van der Waals surface area (Å²) in [5.74, 6) is 4.98. The van der Waals surface area contributed by atoms with Crippen LogP contribution in [0.2, 0.25) is 0 Å². The molecule has 0 saturated carbocycles. The minimum atomic E-state index is -1.42. The molecule has 0 aliphatic heterocycles. The molecule has 0 aliphatic rings. The fraction of sp³-hybridized carbons (Fsp3) is 0.800. The Morgan fingerprint density at radius 3 is 1.92 bits per heavy atom. The van der Waals surface area contributed by atoms with E-state index in [1.165, 1.54) is 20.8 Å². The van der Waals surface area contributed by atoms with Crippen LogP contribution in [0.25, 0.3) is 0 Å². The lowest BCUT2D eigenvalue weighted by Gasteiger charge is -2.24. The Labute approximate surface area is 79.4 Å². The Hall–Kier alpha value is -0.560. The lowest BCUT2D eigenvalue weighted by atomic mass is 9.94. The topological polar surface area (TPSA) is 60.7 Å². The zero-order chi connectivity index (χ0) is 10.7. The van der Waals surface area contributed by atoms with Gasteiger partial charge in [0.1, 0.15) is 5.60 Å². The molecule has 3 N–H and O–H groups in total. The van der Waals surface area contributed by atoms with Crippen molar-refractivity contribution in [2.75, 3.05) is 0 Å². The van der Waals surface area contributed by atoms with E-state index < -0.39 is 17.3 Å². The van der Waals surface area contributed by atoms with Crippen molar-refractivity contribution >= 4 is 0 Å². The molecule has 0 saturated heterocycles. The molecule has 0 aromatic carbocycles. The summed E-state index contributed by atoms with van der Waals surface area (Å²) in [5.41, 5.74) is -2.56. The number of rotatable bonds is 2. The minimum Gasteiger partial charge on any atom is -0.389 e. The molecule has 0 spiro atoms. The summed E-state index contributed by atoms with van der Waals surface area (Å²) in [6.45, 7) is 6.25. The van der Waals surface area contributed by atoms with Gasteiger partial charge in [0.25, 0.3) is 0 Å². The predicted molar refractivity (Wildman–Crippen MR) is 51.0 cm³/mol. The average molecular weight is 186 g/mol. The van der Waals surface area contributed by atoms with Gasteiger partial charge in [-0.05, 0) is 27.2 Å². The van der Waals surface area contributed by atoms with E-state index in [1.807, 2.05) is 0 Å². The molecule has 0 rings (SSSR count). The van der Waals surface area contributed by atoms with E-state index in [9.17, 15) is 15.3 Å². The zero-order valence-corrected chi connectivity index (χ0v) is 8.63. The molecule has 2 unspecified atom stereocenters. The summed E-state index contributed by atoms with van der Waals surface area (Å²) in [7, 11) is 0. The summed E-state index contributed by atoms with van der Waals surface area (Å²) in [4.78, 5) is 0. The molecular formula is C10H18O3. The summed E-state index contributed by atoms with van der Waals surface area (Å²) >= 11 is 0. The van der Waals surface area contributed by atoms with Gasteiger partial charge in [-0.25, -0.2) is 0 Å². The molecule has 0 amide bonds. The highest BCUT2D eigenvalue weighted by Gasteiger charge is 2.28. The van der Waals surface area contributed by atoms with Crippen LogP contribution in [0.15, 0.2) is 0 Å². The molecule has 0 fully saturated rings. The van der Waals surface area contributed by atoms with Crippen molar-refractivity contribution in [1.29, 1.82) is 0 Å². The first-order valence-electron chi connectivity index (χ1n) is 4.38. The standard InChI is InChI=1S/C10H18O3/c1-5-10(13,8(2)11)7-6-9(3,4)12/h8,11-13H,5H2,1-4H3. The Bertz CT molecular complexity index is 217. The lowest BCUT2D eigenvalue weighted by molar-refractivity contribution is -0.0245. The van der Waals surface area contributed by atoms with Gasteiger partial charge in [0.05, 0.1) is 6.10 Å². The van der Waals surface area contributed by atoms with Crippen molar-refractivity contribution in [3.8, 4) is 11.8 Å². The van der Waals surface area contributed by atoms with Crippen molar-refractivity contribution in [1.82, 2.24) is 0 Å². The van der Waals surface area contributed by atoms with E-state index in [2.05, 4.69) is 11.8 Å². The first kappa shape index (κ1) is 12.4. The van der Waals surface area contributed by atoms with Crippen LogP contribution in [0.3, 0.4) is 0 Å². The zero-order valence-electron chi connectivity index (χ0n) is 8.63. The highest BCUT2D eigenvalue weighted by atomic mass is 16.3. The van der Waals surface area contributed by atoms with Crippen molar-refractivity contribution < 1.29 is 15.3 Å². The van der Waals surface area contributed by atoms with Gasteiger partial charge in [0, 0.05) is 0 Å². The predicted octanol–water partition coefficient (Wildman–Crippen LogP) is 0.283. The number of hydrogen-bond donors (Lipinski definition) is 3. The maximum Gasteiger partial charge on any atom is 0.150 e. The summed E-state index contributed by atoms with van der Waals surface area (Å²) in [6.07, 6.45) is -0.597. The van der Waals surface area contributed by atoms with Gasteiger partial charge in [-0.3, -0.25) is 0 Å². The van der Waals surface area contributed by atoms with Crippen LogP contribution < -0.4 is 0 Å².